The molecule has 1 fully saturated rings. The molecule has 3 aromatic rings. The van der Waals surface area contributed by atoms with Gasteiger partial charge in [0.2, 0.25) is 0 Å². The average molecular weight is 390 g/mol. The van der Waals surface area contributed by atoms with E-state index >= 15 is 0 Å². The standard InChI is InChI=1S/C15H18N8O5/c1-17-13(27)6-2-19-23(3-6)15-20-11(16)8-12(21-15)22(5-18-8)14-10(26)9(25)7(4-24)28-14/h2-3,5,7,9-10,14,24-26H,4H2,1H3,(H,17,27)(H2,16,20,21)/t7-,9-,10-,14+/m1/s1. The molecule has 0 aromatic carbocycles. The van der Waals surface area contributed by atoms with Crippen LogP contribution in [-0.2, 0) is 4.74 Å². The zero-order valence-corrected chi connectivity index (χ0v) is 14.7. The van der Waals surface area contributed by atoms with Crippen molar-refractivity contribution in [1.82, 2.24) is 34.6 Å². The molecule has 28 heavy (non-hydrogen) atoms. The molecule has 1 amide bonds. The molecule has 0 spiro atoms. The SMILES string of the molecule is CNC(=O)c1cnn(-c2nc(N)c3ncn([C@H]4O[C@H](CO)[C@@H](O)[C@H]4O)c3n2)c1. The Morgan fingerprint density at radius 2 is 2.14 bits per heavy atom. The number of aliphatic hydroxyl groups is 3. The molecule has 4 atom stereocenters. The van der Waals surface area contributed by atoms with E-state index in [1.165, 1.54) is 35.0 Å². The van der Waals surface area contributed by atoms with Crippen molar-refractivity contribution in [3.8, 4) is 5.95 Å². The van der Waals surface area contributed by atoms with Crippen LogP contribution in [0.15, 0.2) is 18.7 Å². The minimum absolute atomic E-state index is 0.0579. The minimum atomic E-state index is -1.31. The number of anilines is 1. The number of amides is 1. The molecule has 1 aliphatic rings. The van der Waals surface area contributed by atoms with E-state index in [2.05, 4.69) is 25.4 Å². The van der Waals surface area contributed by atoms with Gasteiger partial charge in [0, 0.05) is 13.2 Å². The molecule has 13 nitrogen and oxygen atoms in total. The number of hydrogen-bond acceptors (Lipinski definition) is 10. The largest absolute Gasteiger partial charge is 0.394 e. The summed E-state index contributed by atoms with van der Waals surface area (Å²) in [5.41, 5.74) is 6.78. The van der Waals surface area contributed by atoms with Gasteiger partial charge in [0.05, 0.1) is 24.7 Å². The lowest BCUT2D eigenvalue weighted by molar-refractivity contribution is -0.0511. The zero-order valence-electron chi connectivity index (χ0n) is 14.7. The Bertz CT molecular complexity index is 1030. The summed E-state index contributed by atoms with van der Waals surface area (Å²) in [7, 11) is 1.50. The number of carbonyl (C=O) groups is 1. The van der Waals surface area contributed by atoms with E-state index in [-0.39, 0.29) is 28.8 Å². The number of aliphatic hydroxyl groups excluding tert-OH is 3. The van der Waals surface area contributed by atoms with Gasteiger partial charge in [0.25, 0.3) is 11.9 Å². The van der Waals surface area contributed by atoms with Crippen LogP contribution in [0.3, 0.4) is 0 Å². The highest BCUT2D eigenvalue weighted by atomic mass is 16.6. The predicted molar refractivity (Wildman–Crippen MR) is 93.3 cm³/mol. The van der Waals surface area contributed by atoms with Crippen LogP contribution >= 0.6 is 0 Å². The van der Waals surface area contributed by atoms with Crippen molar-refractivity contribution in [3.63, 3.8) is 0 Å². The average Bonchev–Trinajstić information content (AvgIpc) is 3.40. The predicted octanol–water partition coefficient (Wildman–Crippen LogP) is -2.43. The second kappa shape index (κ2) is 6.79. The third-order valence-corrected chi connectivity index (χ3v) is 4.50. The minimum Gasteiger partial charge on any atom is -0.394 e. The molecule has 3 aromatic heterocycles. The molecular weight excluding hydrogens is 372 g/mol. The van der Waals surface area contributed by atoms with Crippen LogP contribution in [0, 0.1) is 0 Å². The van der Waals surface area contributed by atoms with Gasteiger partial charge in [0.1, 0.15) is 23.8 Å². The molecule has 0 bridgehead atoms. The molecule has 0 aliphatic carbocycles. The van der Waals surface area contributed by atoms with E-state index in [1.807, 2.05) is 0 Å². The summed E-state index contributed by atoms with van der Waals surface area (Å²) in [5, 5.41) is 36.1. The van der Waals surface area contributed by atoms with Gasteiger partial charge in [-0.1, -0.05) is 0 Å². The first kappa shape index (κ1) is 18.2. The Morgan fingerprint density at radius 1 is 1.36 bits per heavy atom. The third kappa shape index (κ3) is 2.77. The van der Waals surface area contributed by atoms with E-state index < -0.39 is 31.1 Å². The number of aromatic nitrogens is 6. The Kier molecular flexibility index (Phi) is 4.43. The highest BCUT2D eigenvalue weighted by Gasteiger charge is 2.44. The molecule has 4 heterocycles. The quantitative estimate of drug-likeness (QED) is 0.320. The number of fused-ring (bicyclic) bond motifs is 1. The first-order valence-electron chi connectivity index (χ1n) is 8.34. The second-order valence-corrected chi connectivity index (χ2v) is 6.21. The smallest absolute Gasteiger partial charge is 0.254 e. The van der Waals surface area contributed by atoms with Crippen molar-refractivity contribution in [3.05, 3.63) is 24.3 Å². The fourth-order valence-electron chi connectivity index (χ4n) is 3.02. The molecule has 1 saturated heterocycles. The van der Waals surface area contributed by atoms with Gasteiger partial charge < -0.3 is 31.1 Å². The normalized spacial score (nSPS) is 24.7. The molecule has 13 heteroatoms. The summed E-state index contributed by atoms with van der Waals surface area (Å²) in [6.07, 6.45) is -0.418. The van der Waals surface area contributed by atoms with Crippen LogP contribution in [0.1, 0.15) is 16.6 Å². The van der Waals surface area contributed by atoms with Crippen LogP contribution in [0.4, 0.5) is 5.82 Å². The highest BCUT2D eigenvalue weighted by Crippen LogP contribution is 2.32. The summed E-state index contributed by atoms with van der Waals surface area (Å²) in [6.45, 7) is -0.459. The van der Waals surface area contributed by atoms with Crippen molar-refractivity contribution >= 4 is 22.9 Å². The molecule has 0 saturated carbocycles. The van der Waals surface area contributed by atoms with Gasteiger partial charge in [-0.05, 0) is 0 Å². The number of imidazole rings is 1. The molecule has 0 radical (unpaired) electrons. The molecule has 1 aliphatic heterocycles. The van der Waals surface area contributed by atoms with Gasteiger partial charge in [-0.3, -0.25) is 9.36 Å². The lowest BCUT2D eigenvalue weighted by Crippen LogP contribution is -2.33. The summed E-state index contributed by atoms with van der Waals surface area (Å²) in [4.78, 5) is 24.4. The van der Waals surface area contributed by atoms with Gasteiger partial charge in [-0.15, -0.1) is 0 Å². The second-order valence-electron chi connectivity index (χ2n) is 6.21. The lowest BCUT2D eigenvalue weighted by Gasteiger charge is -2.16. The molecule has 148 valence electrons. The fourth-order valence-corrected chi connectivity index (χ4v) is 3.02. The van der Waals surface area contributed by atoms with Crippen molar-refractivity contribution in [2.75, 3.05) is 19.4 Å². The molecule has 6 N–H and O–H groups in total. The topological polar surface area (TPSA) is 186 Å². The Labute approximate surface area is 157 Å². The maximum Gasteiger partial charge on any atom is 0.254 e. The van der Waals surface area contributed by atoms with Crippen molar-refractivity contribution in [2.24, 2.45) is 0 Å². The van der Waals surface area contributed by atoms with Gasteiger partial charge in [-0.25, -0.2) is 9.67 Å². The first-order chi connectivity index (χ1) is 13.4. The molecule has 4 rings (SSSR count). The number of ether oxygens (including phenoxy) is 1. The fraction of sp³-hybridized carbons (Fsp3) is 0.400. The number of nitrogens with one attached hydrogen (secondary N) is 1. The number of carbonyl (C=O) groups excluding carboxylic acids is 1. The maximum atomic E-state index is 11.7. The van der Waals surface area contributed by atoms with Crippen LogP contribution in [-0.4, -0.2) is 82.5 Å². The number of nitrogens with zero attached hydrogens (tertiary/aromatic N) is 6. The monoisotopic (exact) mass is 390 g/mol. The van der Waals surface area contributed by atoms with Gasteiger partial charge >= 0.3 is 0 Å². The zero-order chi connectivity index (χ0) is 20.0. The number of nitrogen functional groups attached to an aromatic ring is 1. The van der Waals surface area contributed by atoms with E-state index in [0.29, 0.717) is 5.56 Å². The van der Waals surface area contributed by atoms with Crippen molar-refractivity contribution in [2.45, 2.75) is 24.5 Å². The summed E-state index contributed by atoms with van der Waals surface area (Å²) in [6, 6.07) is 0. The first-order valence-corrected chi connectivity index (χ1v) is 8.34. The summed E-state index contributed by atoms with van der Waals surface area (Å²) >= 11 is 0. The number of nitrogens with two attached hydrogens (primary N) is 1. The number of rotatable bonds is 4. The van der Waals surface area contributed by atoms with Crippen molar-refractivity contribution in [1.29, 1.82) is 0 Å². The summed E-state index contributed by atoms with van der Waals surface area (Å²) in [5.74, 6) is -0.187. The van der Waals surface area contributed by atoms with Crippen LogP contribution in [0.25, 0.3) is 17.1 Å². The van der Waals surface area contributed by atoms with Crippen LogP contribution < -0.4 is 11.1 Å². The van der Waals surface area contributed by atoms with Crippen LogP contribution in [0.2, 0.25) is 0 Å². The molecular formula is C15H18N8O5. The molecule has 0 unspecified atom stereocenters. The van der Waals surface area contributed by atoms with Gasteiger partial charge in [0.15, 0.2) is 17.7 Å². The lowest BCUT2D eigenvalue weighted by atomic mass is 10.1. The Balaban J connectivity index is 1.77. The maximum absolute atomic E-state index is 11.7. The van der Waals surface area contributed by atoms with E-state index in [0.717, 1.165) is 0 Å². The number of hydrogen-bond donors (Lipinski definition) is 5. The van der Waals surface area contributed by atoms with E-state index in [1.54, 1.807) is 0 Å². The van der Waals surface area contributed by atoms with Crippen molar-refractivity contribution < 1.29 is 24.9 Å². The Hall–Kier alpha value is -3.13. The van der Waals surface area contributed by atoms with Gasteiger partial charge in [-0.2, -0.15) is 15.1 Å². The van der Waals surface area contributed by atoms with E-state index in [9.17, 15) is 20.1 Å². The van der Waals surface area contributed by atoms with E-state index in [4.69, 9.17) is 10.5 Å². The van der Waals surface area contributed by atoms with Crippen LogP contribution in [0.5, 0.6) is 0 Å². The highest BCUT2D eigenvalue weighted by molar-refractivity contribution is 5.93. The summed E-state index contributed by atoms with van der Waals surface area (Å²) < 4.78 is 8.18. The Morgan fingerprint density at radius 3 is 2.82 bits per heavy atom. The third-order valence-electron chi connectivity index (χ3n) is 4.50.